The molecule has 20 heavy (non-hydrogen) atoms. The molecular weight excluding hydrogens is 249 g/mol. The minimum Gasteiger partial charge on any atom is -0.399 e. The van der Waals surface area contributed by atoms with Crippen molar-refractivity contribution in [1.82, 2.24) is 0 Å². The largest absolute Gasteiger partial charge is 0.494 e. The maximum absolute atomic E-state index is 9.21. The summed E-state index contributed by atoms with van der Waals surface area (Å²) in [6.07, 6.45) is 2.44. The predicted molar refractivity (Wildman–Crippen MR) is 78.8 cm³/mol. The standard InChI is InChI=1S/C16H20BNO2/c1-15(2)16(3,4)20-17(19-15)14-8-11(10-18)7-13(9-14)12-5-6-12/h7-9,12H,5-6H2,1-4H3. The summed E-state index contributed by atoms with van der Waals surface area (Å²) in [4.78, 5) is 0. The summed E-state index contributed by atoms with van der Waals surface area (Å²) in [6, 6.07) is 8.26. The van der Waals surface area contributed by atoms with E-state index in [1.807, 2.05) is 39.8 Å². The van der Waals surface area contributed by atoms with E-state index in [-0.39, 0.29) is 18.3 Å². The van der Waals surface area contributed by atoms with Gasteiger partial charge in [0.05, 0.1) is 22.8 Å². The van der Waals surface area contributed by atoms with Crippen molar-refractivity contribution < 1.29 is 9.31 Å². The van der Waals surface area contributed by atoms with Crippen LogP contribution in [0.4, 0.5) is 0 Å². The molecule has 1 aromatic rings. The van der Waals surface area contributed by atoms with Gasteiger partial charge in [-0.2, -0.15) is 5.26 Å². The fourth-order valence-corrected chi connectivity index (χ4v) is 2.51. The Hall–Kier alpha value is -1.31. The van der Waals surface area contributed by atoms with Gasteiger partial charge in [-0.25, -0.2) is 0 Å². The maximum atomic E-state index is 9.21. The topological polar surface area (TPSA) is 42.2 Å². The molecular formula is C16H20BNO2. The fourth-order valence-electron chi connectivity index (χ4n) is 2.51. The lowest BCUT2D eigenvalue weighted by molar-refractivity contribution is 0.00578. The van der Waals surface area contributed by atoms with Crippen LogP contribution in [-0.4, -0.2) is 18.3 Å². The number of hydrogen-bond acceptors (Lipinski definition) is 3. The second-order valence-corrected chi connectivity index (χ2v) is 6.86. The van der Waals surface area contributed by atoms with Gasteiger partial charge in [0.2, 0.25) is 0 Å². The lowest BCUT2D eigenvalue weighted by Crippen LogP contribution is -2.41. The lowest BCUT2D eigenvalue weighted by atomic mass is 9.77. The molecule has 2 fully saturated rings. The first-order chi connectivity index (χ1) is 9.32. The molecule has 0 unspecified atom stereocenters. The van der Waals surface area contributed by atoms with Crippen molar-refractivity contribution in [3.8, 4) is 6.07 Å². The van der Waals surface area contributed by atoms with Crippen molar-refractivity contribution in [3.05, 3.63) is 29.3 Å². The highest BCUT2D eigenvalue weighted by atomic mass is 16.7. The van der Waals surface area contributed by atoms with E-state index < -0.39 is 0 Å². The molecule has 0 atom stereocenters. The first-order valence-electron chi connectivity index (χ1n) is 7.23. The number of nitriles is 1. The van der Waals surface area contributed by atoms with E-state index in [0.717, 1.165) is 5.46 Å². The molecule has 1 saturated carbocycles. The zero-order valence-electron chi connectivity index (χ0n) is 12.6. The van der Waals surface area contributed by atoms with Crippen molar-refractivity contribution in [1.29, 1.82) is 5.26 Å². The molecule has 1 aromatic carbocycles. The number of nitrogens with zero attached hydrogens (tertiary/aromatic N) is 1. The van der Waals surface area contributed by atoms with Crippen LogP contribution in [0.1, 0.15) is 57.6 Å². The van der Waals surface area contributed by atoms with Crippen molar-refractivity contribution >= 4 is 12.6 Å². The smallest absolute Gasteiger partial charge is 0.399 e. The average Bonchev–Trinajstić information content (AvgIpc) is 3.17. The van der Waals surface area contributed by atoms with Gasteiger partial charge in [-0.1, -0.05) is 6.07 Å². The molecule has 1 saturated heterocycles. The van der Waals surface area contributed by atoms with Gasteiger partial charge in [-0.15, -0.1) is 0 Å². The maximum Gasteiger partial charge on any atom is 0.494 e. The van der Waals surface area contributed by atoms with Gasteiger partial charge in [-0.3, -0.25) is 0 Å². The minimum atomic E-state index is -0.384. The zero-order chi connectivity index (χ0) is 14.5. The van der Waals surface area contributed by atoms with Gasteiger partial charge in [0.1, 0.15) is 0 Å². The van der Waals surface area contributed by atoms with E-state index in [1.165, 1.54) is 18.4 Å². The van der Waals surface area contributed by atoms with Crippen molar-refractivity contribution in [2.24, 2.45) is 0 Å². The highest BCUT2D eigenvalue weighted by Crippen LogP contribution is 2.41. The van der Waals surface area contributed by atoms with E-state index >= 15 is 0 Å². The van der Waals surface area contributed by atoms with Crippen LogP contribution in [0.5, 0.6) is 0 Å². The third-order valence-electron chi connectivity index (χ3n) is 4.68. The second kappa shape index (κ2) is 4.34. The molecule has 1 aliphatic carbocycles. The Bertz CT molecular complexity index is 569. The molecule has 104 valence electrons. The van der Waals surface area contributed by atoms with Gasteiger partial charge in [0, 0.05) is 0 Å². The Morgan fingerprint density at radius 2 is 1.70 bits per heavy atom. The number of rotatable bonds is 2. The van der Waals surface area contributed by atoms with Crippen LogP contribution in [0.15, 0.2) is 18.2 Å². The van der Waals surface area contributed by atoms with Gasteiger partial charge < -0.3 is 9.31 Å². The third-order valence-corrected chi connectivity index (χ3v) is 4.68. The van der Waals surface area contributed by atoms with Gasteiger partial charge in [-0.05, 0) is 69.6 Å². The molecule has 0 radical (unpaired) electrons. The molecule has 1 aliphatic heterocycles. The van der Waals surface area contributed by atoms with Crippen molar-refractivity contribution in [3.63, 3.8) is 0 Å². The second-order valence-electron chi connectivity index (χ2n) is 6.86. The molecule has 0 aromatic heterocycles. The van der Waals surface area contributed by atoms with E-state index in [1.54, 1.807) is 0 Å². The molecule has 3 nitrogen and oxygen atoms in total. The van der Waals surface area contributed by atoms with E-state index in [9.17, 15) is 5.26 Å². The van der Waals surface area contributed by atoms with Crippen LogP contribution in [0, 0.1) is 11.3 Å². The van der Waals surface area contributed by atoms with Crippen LogP contribution >= 0.6 is 0 Å². The molecule has 1 heterocycles. The SMILES string of the molecule is CC1(C)OB(c2cc(C#N)cc(C3CC3)c2)OC1(C)C. The Balaban J connectivity index is 1.95. The summed E-state index contributed by atoms with van der Waals surface area (Å²) in [5, 5.41) is 9.21. The third kappa shape index (κ3) is 2.26. The van der Waals surface area contributed by atoms with Crippen LogP contribution in [-0.2, 0) is 9.31 Å². The lowest BCUT2D eigenvalue weighted by Gasteiger charge is -2.32. The summed E-state index contributed by atoms with van der Waals surface area (Å²) in [7, 11) is -0.384. The highest BCUT2D eigenvalue weighted by Gasteiger charge is 2.51. The summed E-state index contributed by atoms with van der Waals surface area (Å²) in [6.45, 7) is 8.18. The Kier molecular flexibility index (Phi) is 2.97. The fraction of sp³-hybridized carbons (Fsp3) is 0.562. The minimum absolute atomic E-state index is 0.347. The normalized spacial score (nSPS) is 23.6. The Labute approximate surface area is 121 Å². The zero-order valence-corrected chi connectivity index (χ0v) is 12.6. The van der Waals surface area contributed by atoms with Gasteiger partial charge >= 0.3 is 7.12 Å². The molecule has 3 rings (SSSR count). The molecule has 2 aliphatic rings. The highest BCUT2D eigenvalue weighted by molar-refractivity contribution is 6.62. The van der Waals surface area contributed by atoms with Gasteiger partial charge in [0.25, 0.3) is 0 Å². The summed E-state index contributed by atoms with van der Waals surface area (Å²) in [5.74, 6) is 0.615. The molecule has 4 heteroatoms. The first-order valence-corrected chi connectivity index (χ1v) is 7.23. The first kappa shape index (κ1) is 13.7. The van der Waals surface area contributed by atoms with Crippen LogP contribution in [0.25, 0.3) is 0 Å². The quantitative estimate of drug-likeness (QED) is 0.775. The summed E-state index contributed by atoms with van der Waals surface area (Å²) >= 11 is 0. The summed E-state index contributed by atoms with van der Waals surface area (Å²) < 4.78 is 12.1. The molecule has 0 spiro atoms. The number of benzene rings is 1. The molecule has 0 bridgehead atoms. The Morgan fingerprint density at radius 3 is 2.20 bits per heavy atom. The van der Waals surface area contributed by atoms with Crippen LogP contribution < -0.4 is 5.46 Å². The molecule has 0 N–H and O–H groups in total. The van der Waals surface area contributed by atoms with Crippen molar-refractivity contribution in [2.45, 2.75) is 57.7 Å². The van der Waals surface area contributed by atoms with E-state index in [0.29, 0.717) is 11.5 Å². The van der Waals surface area contributed by atoms with E-state index in [2.05, 4.69) is 12.1 Å². The molecule has 0 amide bonds. The van der Waals surface area contributed by atoms with Crippen molar-refractivity contribution in [2.75, 3.05) is 0 Å². The van der Waals surface area contributed by atoms with Gasteiger partial charge in [0.15, 0.2) is 0 Å². The average molecular weight is 269 g/mol. The predicted octanol–water partition coefficient (Wildman–Crippen LogP) is 2.73. The number of hydrogen-bond donors (Lipinski definition) is 0. The summed E-state index contributed by atoms with van der Waals surface area (Å²) in [5.41, 5.74) is 2.21. The van der Waals surface area contributed by atoms with E-state index in [4.69, 9.17) is 9.31 Å². The Morgan fingerprint density at radius 1 is 1.10 bits per heavy atom. The van der Waals surface area contributed by atoms with Crippen LogP contribution in [0.3, 0.4) is 0 Å². The monoisotopic (exact) mass is 269 g/mol. The van der Waals surface area contributed by atoms with Crippen LogP contribution in [0.2, 0.25) is 0 Å².